The Balaban J connectivity index is 1.33. The summed E-state index contributed by atoms with van der Waals surface area (Å²) < 4.78 is 11.2. The van der Waals surface area contributed by atoms with E-state index in [4.69, 9.17) is 9.15 Å². The highest BCUT2D eigenvalue weighted by Crippen LogP contribution is 2.70. The van der Waals surface area contributed by atoms with Crippen molar-refractivity contribution in [3.8, 4) is 0 Å². The molecule has 0 unspecified atom stereocenters. The molecule has 4 aliphatic rings. The van der Waals surface area contributed by atoms with Crippen LogP contribution in [0.1, 0.15) is 104 Å². The van der Waals surface area contributed by atoms with Crippen LogP contribution in [0.15, 0.2) is 27.6 Å². The zero-order valence-electron chi connectivity index (χ0n) is 22.2. The van der Waals surface area contributed by atoms with Crippen LogP contribution >= 0.6 is 0 Å². The smallest absolute Gasteiger partial charge is 0.335 e. The first-order valence-electron chi connectivity index (χ1n) is 14.0. The lowest BCUT2D eigenvalue weighted by Crippen LogP contribution is -2.62. The Bertz CT molecular complexity index is 994. The molecule has 1 aromatic rings. The Hall–Kier alpha value is -1.62. The van der Waals surface area contributed by atoms with Gasteiger partial charge in [0, 0.05) is 11.5 Å². The van der Waals surface area contributed by atoms with Crippen molar-refractivity contribution in [1.29, 1.82) is 0 Å². The monoisotopic (exact) mass is 484 g/mol. The normalized spacial score (nSPS) is 43.7. The van der Waals surface area contributed by atoms with Gasteiger partial charge in [-0.1, -0.05) is 34.6 Å². The molecule has 5 nitrogen and oxygen atoms in total. The molecule has 35 heavy (non-hydrogen) atoms. The van der Waals surface area contributed by atoms with Gasteiger partial charge in [0.2, 0.25) is 0 Å². The summed E-state index contributed by atoms with van der Waals surface area (Å²) in [7, 11) is 0. The van der Waals surface area contributed by atoms with E-state index < -0.39 is 5.60 Å². The minimum atomic E-state index is -0.680. The van der Waals surface area contributed by atoms with Gasteiger partial charge in [0.25, 0.3) is 0 Å². The van der Waals surface area contributed by atoms with Gasteiger partial charge in [0.15, 0.2) is 0 Å². The van der Waals surface area contributed by atoms with E-state index in [0.717, 1.165) is 63.4 Å². The van der Waals surface area contributed by atoms with E-state index in [1.54, 1.807) is 6.26 Å². The summed E-state index contributed by atoms with van der Waals surface area (Å²) in [5, 5.41) is 12.4. The molecule has 5 heteroatoms. The molecule has 0 saturated heterocycles. The SMILES string of the molecule is CC(C)[C@H](C)C(=O)O[C@H]1CC[C@@]2(C)[C@H](CC[C@@H]3[C@@H]2CC[C@]2(C)[C@@H](c4ccc(=O)oc4)CC[C@]32O)C1. The van der Waals surface area contributed by atoms with Gasteiger partial charge in [0.1, 0.15) is 6.10 Å². The number of hydrogen-bond acceptors (Lipinski definition) is 5. The van der Waals surface area contributed by atoms with Crippen LogP contribution in [-0.4, -0.2) is 22.8 Å². The van der Waals surface area contributed by atoms with E-state index in [1.165, 1.54) is 6.07 Å². The molecular weight excluding hydrogens is 440 g/mol. The fraction of sp³-hybridized carbons (Fsp3) is 0.800. The van der Waals surface area contributed by atoms with Gasteiger partial charge in [-0.3, -0.25) is 4.79 Å². The van der Waals surface area contributed by atoms with Crippen LogP contribution in [0.2, 0.25) is 0 Å². The summed E-state index contributed by atoms with van der Waals surface area (Å²) in [6, 6.07) is 3.42. The highest BCUT2D eigenvalue weighted by molar-refractivity contribution is 5.72. The fourth-order valence-corrected chi connectivity index (χ4v) is 8.94. The number of hydrogen-bond donors (Lipinski definition) is 1. The largest absolute Gasteiger partial charge is 0.462 e. The number of rotatable bonds is 4. The molecule has 1 heterocycles. The number of carbonyl (C=O) groups is 1. The van der Waals surface area contributed by atoms with Crippen LogP contribution in [0, 0.1) is 40.4 Å². The molecule has 194 valence electrons. The van der Waals surface area contributed by atoms with Crippen molar-refractivity contribution in [3.63, 3.8) is 0 Å². The third-order valence-electron chi connectivity index (χ3n) is 11.6. The Kier molecular flexibility index (Phi) is 6.26. The maximum Gasteiger partial charge on any atom is 0.335 e. The average molecular weight is 485 g/mol. The topological polar surface area (TPSA) is 76.7 Å². The van der Waals surface area contributed by atoms with E-state index in [0.29, 0.717) is 23.7 Å². The molecule has 0 bridgehead atoms. The summed E-state index contributed by atoms with van der Waals surface area (Å²) in [5.74, 6) is 1.79. The van der Waals surface area contributed by atoms with Crippen molar-refractivity contribution in [2.24, 2.45) is 40.4 Å². The molecule has 4 saturated carbocycles. The first-order chi connectivity index (χ1) is 16.5. The van der Waals surface area contributed by atoms with Crippen LogP contribution in [-0.2, 0) is 9.53 Å². The molecule has 0 spiro atoms. The molecule has 0 aliphatic heterocycles. The summed E-state index contributed by atoms with van der Waals surface area (Å²) >= 11 is 0. The molecule has 0 radical (unpaired) electrons. The van der Waals surface area contributed by atoms with Crippen LogP contribution < -0.4 is 5.63 Å². The van der Waals surface area contributed by atoms with Crippen LogP contribution in [0.3, 0.4) is 0 Å². The molecule has 9 atom stereocenters. The third kappa shape index (κ3) is 3.83. The van der Waals surface area contributed by atoms with E-state index in [9.17, 15) is 14.7 Å². The average Bonchev–Trinajstić information content (AvgIpc) is 3.10. The Morgan fingerprint density at radius 1 is 1.03 bits per heavy atom. The molecule has 5 rings (SSSR count). The Morgan fingerprint density at radius 2 is 1.80 bits per heavy atom. The van der Waals surface area contributed by atoms with Crippen molar-refractivity contribution < 1.29 is 19.1 Å². The first-order valence-corrected chi connectivity index (χ1v) is 14.0. The Labute approximate surface area is 210 Å². The predicted octanol–water partition coefficient (Wildman–Crippen LogP) is 6.08. The lowest BCUT2D eigenvalue weighted by Gasteiger charge is -2.63. The quantitative estimate of drug-likeness (QED) is 0.524. The number of esters is 1. The first kappa shape index (κ1) is 25.0. The second-order valence-corrected chi connectivity index (χ2v) is 13.2. The van der Waals surface area contributed by atoms with Gasteiger partial charge in [-0.25, -0.2) is 4.79 Å². The number of carbonyl (C=O) groups excluding carboxylic acids is 1. The van der Waals surface area contributed by atoms with Crippen molar-refractivity contribution in [3.05, 3.63) is 34.4 Å². The van der Waals surface area contributed by atoms with Gasteiger partial charge in [-0.15, -0.1) is 0 Å². The van der Waals surface area contributed by atoms with E-state index in [-0.39, 0.29) is 40.4 Å². The lowest BCUT2D eigenvalue weighted by molar-refractivity contribution is -0.208. The number of fused-ring (bicyclic) bond motifs is 5. The summed E-state index contributed by atoms with van der Waals surface area (Å²) in [6.07, 6.45) is 10.7. The van der Waals surface area contributed by atoms with E-state index in [2.05, 4.69) is 27.7 Å². The second kappa shape index (κ2) is 8.75. The van der Waals surface area contributed by atoms with Crippen LogP contribution in [0.5, 0.6) is 0 Å². The number of ether oxygens (including phenoxy) is 1. The summed E-state index contributed by atoms with van der Waals surface area (Å²) in [5.41, 5.74) is 0.0587. The van der Waals surface area contributed by atoms with Crippen LogP contribution in [0.25, 0.3) is 0 Å². The second-order valence-electron chi connectivity index (χ2n) is 13.2. The minimum Gasteiger partial charge on any atom is -0.462 e. The van der Waals surface area contributed by atoms with Crippen LogP contribution in [0.4, 0.5) is 0 Å². The molecule has 0 amide bonds. The van der Waals surface area contributed by atoms with Gasteiger partial charge >= 0.3 is 11.6 Å². The van der Waals surface area contributed by atoms with E-state index >= 15 is 0 Å². The zero-order chi connectivity index (χ0) is 25.2. The molecular formula is C30H44O5. The minimum absolute atomic E-state index is 0.0406. The standard InChI is InChI=1S/C30H44O5/c1-18(2)19(3)27(32)35-22-10-13-28(4)21(16-22)7-8-25-24(28)11-14-29(5)23(12-15-30(25,29)33)20-6-9-26(31)34-17-20/h6,9,17-19,21-25,33H,7-8,10-16H2,1-5H3/t19-,21+,22-,23+,24-,25+,28-,29+,30-/m0/s1. The number of aliphatic hydroxyl groups is 1. The van der Waals surface area contributed by atoms with Crippen molar-refractivity contribution >= 4 is 5.97 Å². The lowest BCUT2D eigenvalue weighted by atomic mass is 9.43. The van der Waals surface area contributed by atoms with Crippen molar-refractivity contribution in [1.82, 2.24) is 0 Å². The van der Waals surface area contributed by atoms with Gasteiger partial charge in [-0.05, 0) is 104 Å². The van der Waals surface area contributed by atoms with Gasteiger partial charge < -0.3 is 14.3 Å². The maximum atomic E-state index is 12.6. The molecule has 4 fully saturated rings. The van der Waals surface area contributed by atoms with Crippen molar-refractivity contribution in [2.45, 2.75) is 110 Å². The zero-order valence-corrected chi connectivity index (χ0v) is 22.2. The molecule has 1 aromatic heterocycles. The highest BCUT2D eigenvalue weighted by atomic mass is 16.5. The summed E-state index contributed by atoms with van der Waals surface area (Å²) in [4.78, 5) is 24.1. The van der Waals surface area contributed by atoms with Gasteiger partial charge in [0.05, 0.1) is 17.8 Å². The maximum absolute atomic E-state index is 12.6. The summed E-state index contributed by atoms with van der Waals surface area (Å²) in [6.45, 7) is 10.9. The predicted molar refractivity (Wildman–Crippen MR) is 135 cm³/mol. The fourth-order valence-electron chi connectivity index (χ4n) is 8.94. The third-order valence-corrected chi connectivity index (χ3v) is 11.6. The molecule has 0 aromatic carbocycles. The van der Waals surface area contributed by atoms with Crippen molar-refractivity contribution in [2.75, 3.05) is 0 Å². The van der Waals surface area contributed by atoms with E-state index in [1.807, 2.05) is 13.0 Å². The Morgan fingerprint density at radius 3 is 2.49 bits per heavy atom. The molecule has 4 aliphatic carbocycles. The van der Waals surface area contributed by atoms with Gasteiger partial charge in [-0.2, -0.15) is 0 Å². The highest BCUT2D eigenvalue weighted by Gasteiger charge is 2.67. The molecule has 1 N–H and O–H groups in total.